The van der Waals surface area contributed by atoms with Gasteiger partial charge in [-0.3, -0.25) is 28.8 Å². The molecule has 0 spiro atoms. The van der Waals surface area contributed by atoms with E-state index in [1.54, 1.807) is 0 Å². The van der Waals surface area contributed by atoms with Crippen LogP contribution < -0.4 is 26.6 Å². The van der Waals surface area contributed by atoms with Gasteiger partial charge in [0.15, 0.2) is 0 Å². The minimum atomic E-state index is -1.04. The molecule has 0 radical (unpaired) electrons. The summed E-state index contributed by atoms with van der Waals surface area (Å²) in [5.74, 6) is -2.23. The average molecular weight is 612 g/mol. The van der Waals surface area contributed by atoms with Crippen molar-refractivity contribution in [1.29, 1.82) is 0 Å². The van der Waals surface area contributed by atoms with E-state index in [0.717, 1.165) is 57.8 Å². The second-order valence-corrected chi connectivity index (χ2v) is 10.9. The standard InChI is InChI=1S/C31H57N5O7/c1-3-5-7-9-11-16-26(37)33-22-18-28(39)32-21-14-13-15-25(31(43)35-24-20-30(41)42)36-29(40)19-23-34-27(38)17-12-10-8-6-4-2/h25H,3-24H2,1-2H3,(H,32,39)(H,33,37)(H,34,38)(H,35,43)(H,36,40)(H,41,42)/t25-/m0/s1. The number of hydrogen-bond donors (Lipinski definition) is 6. The van der Waals surface area contributed by atoms with E-state index in [1.807, 2.05) is 0 Å². The van der Waals surface area contributed by atoms with Crippen LogP contribution in [-0.2, 0) is 28.8 Å². The summed E-state index contributed by atoms with van der Waals surface area (Å²) in [5, 5.41) is 22.3. The Morgan fingerprint density at radius 1 is 0.488 bits per heavy atom. The molecule has 43 heavy (non-hydrogen) atoms. The van der Waals surface area contributed by atoms with Crippen molar-refractivity contribution in [2.24, 2.45) is 0 Å². The van der Waals surface area contributed by atoms with Gasteiger partial charge in [0.05, 0.1) is 6.42 Å². The van der Waals surface area contributed by atoms with Gasteiger partial charge in [0.2, 0.25) is 29.5 Å². The van der Waals surface area contributed by atoms with Crippen molar-refractivity contribution in [3.05, 3.63) is 0 Å². The van der Waals surface area contributed by atoms with Crippen LogP contribution in [-0.4, -0.2) is 72.8 Å². The predicted octanol–water partition coefficient (Wildman–Crippen LogP) is 3.08. The summed E-state index contributed by atoms with van der Waals surface area (Å²) in [5.41, 5.74) is 0. The van der Waals surface area contributed by atoms with Gasteiger partial charge in [-0.15, -0.1) is 0 Å². The van der Waals surface area contributed by atoms with Gasteiger partial charge in [-0.05, 0) is 32.1 Å². The summed E-state index contributed by atoms with van der Waals surface area (Å²) >= 11 is 0. The van der Waals surface area contributed by atoms with Gasteiger partial charge in [0.1, 0.15) is 6.04 Å². The van der Waals surface area contributed by atoms with E-state index < -0.39 is 23.8 Å². The maximum atomic E-state index is 12.6. The molecule has 0 heterocycles. The van der Waals surface area contributed by atoms with E-state index in [4.69, 9.17) is 5.11 Å². The van der Waals surface area contributed by atoms with E-state index in [9.17, 15) is 28.8 Å². The number of hydrogen-bond acceptors (Lipinski definition) is 6. The van der Waals surface area contributed by atoms with Crippen LogP contribution in [0.15, 0.2) is 0 Å². The Morgan fingerprint density at radius 3 is 1.49 bits per heavy atom. The number of nitrogens with one attached hydrogen (secondary N) is 5. The molecule has 0 aromatic heterocycles. The number of rotatable bonds is 28. The van der Waals surface area contributed by atoms with Gasteiger partial charge >= 0.3 is 5.97 Å². The molecule has 6 N–H and O–H groups in total. The first kappa shape index (κ1) is 39.8. The Balaban J connectivity index is 4.34. The van der Waals surface area contributed by atoms with E-state index in [1.165, 1.54) is 6.42 Å². The summed E-state index contributed by atoms with van der Waals surface area (Å²) in [6.07, 6.45) is 12.8. The molecule has 5 amide bonds. The van der Waals surface area contributed by atoms with Crippen LogP contribution in [0.5, 0.6) is 0 Å². The largest absolute Gasteiger partial charge is 0.481 e. The van der Waals surface area contributed by atoms with E-state index >= 15 is 0 Å². The van der Waals surface area contributed by atoms with Crippen molar-refractivity contribution >= 4 is 35.5 Å². The molecular weight excluding hydrogens is 554 g/mol. The minimum Gasteiger partial charge on any atom is -0.481 e. The highest BCUT2D eigenvalue weighted by molar-refractivity contribution is 5.88. The summed E-state index contributed by atoms with van der Waals surface area (Å²) in [6, 6.07) is -0.858. The Kier molecular flexibility index (Phi) is 25.6. The van der Waals surface area contributed by atoms with Crippen LogP contribution in [0.4, 0.5) is 0 Å². The molecule has 0 aromatic rings. The molecule has 0 saturated heterocycles. The molecule has 12 nitrogen and oxygen atoms in total. The Morgan fingerprint density at radius 2 is 0.953 bits per heavy atom. The number of aliphatic carboxylic acids is 1. The zero-order valence-electron chi connectivity index (χ0n) is 26.5. The zero-order valence-corrected chi connectivity index (χ0v) is 26.5. The fourth-order valence-electron chi connectivity index (χ4n) is 4.33. The monoisotopic (exact) mass is 611 g/mol. The summed E-state index contributed by atoms with van der Waals surface area (Å²) < 4.78 is 0. The minimum absolute atomic E-state index is 0.0198. The smallest absolute Gasteiger partial charge is 0.305 e. The highest BCUT2D eigenvalue weighted by Crippen LogP contribution is 2.06. The maximum absolute atomic E-state index is 12.6. The SMILES string of the molecule is CCCCCCCC(=O)NCCC(=O)NCCCC[C@H](NC(=O)CCNC(=O)CCCCCCC)C(=O)NCCC(=O)O. The Hall–Kier alpha value is -3.18. The molecule has 0 aromatic carbocycles. The number of amides is 5. The molecular formula is C31H57N5O7. The Labute approximate surface area is 257 Å². The highest BCUT2D eigenvalue weighted by atomic mass is 16.4. The van der Waals surface area contributed by atoms with Crippen LogP contribution in [0.2, 0.25) is 0 Å². The third-order valence-corrected chi connectivity index (χ3v) is 6.89. The van der Waals surface area contributed by atoms with Crippen molar-refractivity contribution < 1.29 is 33.9 Å². The lowest BCUT2D eigenvalue weighted by Gasteiger charge is -2.18. The van der Waals surface area contributed by atoms with Crippen LogP contribution in [0, 0.1) is 0 Å². The van der Waals surface area contributed by atoms with Gasteiger partial charge in [-0.25, -0.2) is 0 Å². The van der Waals surface area contributed by atoms with Crippen molar-refractivity contribution in [3.63, 3.8) is 0 Å². The molecule has 0 fully saturated rings. The van der Waals surface area contributed by atoms with Crippen LogP contribution in [0.3, 0.4) is 0 Å². The fourth-order valence-corrected chi connectivity index (χ4v) is 4.33. The van der Waals surface area contributed by atoms with Crippen molar-refractivity contribution in [2.75, 3.05) is 26.2 Å². The van der Waals surface area contributed by atoms with Gasteiger partial charge < -0.3 is 31.7 Å². The molecule has 0 rings (SSSR count). The third kappa shape index (κ3) is 26.2. The molecule has 0 aliphatic carbocycles. The second kappa shape index (κ2) is 27.6. The highest BCUT2D eigenvalue weighted by Gasteiger charge is 2.20. The van der Waals surface area contributed by atoms with Crippen molar-refractivity contribution in [2.45, 2.75) is 135 Å². The number of carbonyl (C=O) groups excluding carboxylic acids is 5. The lowest BCUT2D eigenvalue weighted by molar-refractivity contribution is -0.137. The quantitative estimate of drug-likeness (QED) is 0.0735. The average Bonchev–Trinajstić information content (AvgIpc) is 2.95. The molecule has 248 valence electrons. The van der Waals surface area contributed by atoms with E-state index in [-0.39, 0.29) is 56.6 Å². The number of carbonyl (C=O) groups is 6. The van der Waals surface area contributed by atoms with Gasteiger partial charge in [0.25, 0.3) is 0 Å². The first-order valence-electron chi connectivity index (χ1n) is 16.3. The molecule has 0 aliphatic rings. The lowest BCUT2D eigenvalue weighted by Crippen LogP contribution is -2.47. The third-order valence-electron chi connectivity index (χ3n) is 6.89. The number of carboxylic acid groups (broad SMARTS) is 1. The zero-order chi connectivity index (χ0) is 32.1. The molecule has 1 atom stereocenters. The first-order valence-corrected chi connectivity index (χ1v) is 16.3. The normalized spacial score (nSPS) is 11.3. The van der Waals surface area contributed by atoms with E-state index in [0.29, 0.717) is 38.6 Å². The molecule has 0 unspecified atom stereocenters. The van der Waals surface area contributed by atoms with Crippen LogP contribution in [0.25, 0.3) is 0 Å². The predicted molar refractivity (Wildman–Crippen MR) is 166 cm³/mol. The summed E-state index contributed by atoms with van der Waals surface area (Å²) in [4.78, 5) is 71.7. The maximum Gasteiger partial charge on any atom is 0.305 e. The first-order chi connectivity index (χ1) is 20.7. The van der Waals surface area contributed by atoms with Crippen LogP contribution in [0.1, 0.15) is 129 Å². The van der Waals surface area contributed by atoms with Crippen molar-refractivity contribution in [3.8, 4) is 0 Å². The van der Waals surface area contributed by atoms with Crippen molar-refractivity contribution in [1.82, 2.24) is 26.6 Å². The molecule has 0 aliphatic heterocycles. The summed E-state index contributed by atoms with van der Waals surface area (Å²) in [7, 11) is 0. The number of unbranched alkanes of at least 4 members (excludes halogenated alkanes) is 9. The lowest BCUT2D eigenvalue weighted by atomic mass is 10.1. The van der Waals surface area contributed by atoms with Crippen LogP contribution >= 0.6 is 0 Å². The Bertz CT molecular complexity index is 822. The second-order valence-electron chi connectivity index (χ2n) is 10.9. The molecule has 0 bridgehead atoms. The fraction of sp³-hybridized carbons (Fsp3) is 0.806. The summed E-state index contributed by atoms with van der Waals surface area (Å²) in [6.45, 7) is 5.05. The van der Waals surface area contributed by atoms with Gasteiger partial charge in [0, 0.05) is 51.9 Å². The topological polar surface area (TPSA) is 183 Å². The van der Waals surface area contributed by atoms with E-state index in [2.05, 4.69) is 40.4 Å². The number of carboxylic acids is 1. The molecule has 0 saturated carbocycles. The van der Waals surface area contributed by atoms with Gasteiger partial charge in [-0.2, -0.15) is 0 Å². The molecule has 12 heteroatoms. The van der Waals surface area contributed by atoms with Gasteiger partial charge in [-0.1, -0.05) is 65.2 Å².